The lowest BCUT2D eigenvalue weighted by atomic mass is 10.0. The molecule has 0 N–H and O–H groups in total. The van der Waals surface area contributed by atoms with Gasteiger partial charge in [0.05, 0.1) is 24.3 Å². The molecule has 0 aliphatic carbocycles. The normalized spacial score (nSPS) is 11.4. The molecule has 0 aliphatic rings. The van der Waals surface area contributed by atoms with Gasteiger partial charge in [0.1, 0.15) is 5.82 Å². The van der Waals surface area contributed by atoms with E-state index in [0.29, 0.717) is 41.0 Å². The van der Waals surface area contributed by atoms with Crippen molar-refractivity contribution < 1.29 is 9.18 Å². The molecule has 0 bridgehead atoms. The molecule has 152 valence electrons. The summed E-state index contributed by atoms with van der Waals surface area (Å²) < 4.78 is 16.2. The summed E-state index contributed by atoms with van der Waals surface area (Å²) in [7, 11) is 7.71. The minimum atomic E-state index is -0.575. The van der Waals surface area contributed by atoms with Gasteiger partial charge in [0.2, 0.25) is 0 Å². The van der Waals surface area contributed by atoms with E-state index in [1.165, 1.54) is 12.1 Å². The van der Waals surface area contributed by atoms with Crippen molar-refractivity contribution in [3.8, 4) is 5.69 Å². The average Bonchev–Trinajstić information content (AvgIpc) is 3.02. The molecule has 0 atom stereocenters. The van der Waals surface area contributed by atoms with Gasteiger partial charge in [-0.15, -0.1) is 10.2 Å². The zero-order chi connectivity index (χ0) is 21.1. The van der Waals surface area contributed by atoms with Crippen LogP contribution in [0.2, 0.25) is 5.02 Å². The van der Waals surface area contributed by atoms with Gasteiger partial charge >= 0.3 is 0 Å². The number of halogens is 2. The zero-order valence-corrected chi connectivity index (χ0v) is 17.6. The molecular weight excluding hydrogens is 393 g/mol. The van der Waals surface area contributed by atoms with Crippen LogP contribution in [0.4, 0.5) is 4.39 Å². The largest absolute Gasteiger partial charge is 0.302 e. The summed E-state index contributed by atoms with van der Waals surface area (Å²) in [6.07, 6.45) is 0. The number of hydrogen-bond acceptors (Lipinski definition) is 5. The topological polar surface area (TPSA) is 54.3 Å². The second kappa shape index (κ2) is 8.82. The summed E-state index contributed by atoms with van der Waals surface area (Å²) in [4.78, 5) is 17.2. The Balaban J connectivity index is 2.21. The number of carbonyl (C=O) groups is 1. The number of benzene rings is 2. The van der Waals surface area contributed by atoms with Crippen LogP contribution in [-0.2, 0) is 13.1 Å². The van der Waals surface area contributed by atoms with E-state index in [0.717, 1.165) is 0 Å². The van der Waals surface area contributed by atoms with Gasteiger partial charge in [-0.3, -0.25) is 9.36 Å². The van der Waals surface area contributed by atoms with E-state index in [4.69, 9.17) is 11.6 Å². The van der Waals surface area contributed by atoms with Gasteiger partial charge in [0.25, 0.3) is 0 Å². The highest BCUT2D eigenvalue weighted by Gasteiger charge is 2.23. The van der Waals surface area contributed by atoms with Crippen LogP contribution in [0.3, 0.4) is 0 Å². The van der Waals surface area contributed by atoms with E-state index in [9.17, 15) is 9.18 Å². The molecule has 1 heterocycles. The molecule has 8 heteroatoms. The van der Waals surface area contributed by atoms with Crippen LogP contribution in [0, 0.1) is 5.82 Å². The van der Waals surface area contributed by atoms with Crippen molar-refractivity contribution in [3.63, 3.8) is 0 Å². The molecular formula is C21H23ClFN5O. The predicted molar refractivity (Wildman–Crippen MR) is 111 cm³/mol. The minimum Gasteiger partial charge on any atom is -0.302 e. The molecule has 29 heavy (non-hydrogen) atoms. The maximum atomic E-state index is 14.3. The number of carbonyl (C=O) groups excluding carboxylic acids is 1. The van der Waals surface area contributed by atoms with E-state index >= 15 is 0 Å². The van der Waals surface area contributed by atoms with Crippen molar-refractivity contribution in [1.29, 1.82) is 0 Å². The van der Waals surface area contributed by atoms with Gasteiger partial charge in [0, 0.05) is 10.6 Å². The van der Waals surface area contributed by atoms with Crippen LogP contribution in [0.5, 0.6) is 0 Å². The Morgan fingerprint density at radius 2 is 1.55 bits per heavy atom. The Morgan fingerprint density at radius 1 is 0.966 bits per heavy atom. The summed E-state index contributed by atoms with van der Waals surface area (Å²) in [5.41, 5.74) is 0.858. The Hall–Kier alpha value is -2.61. The first-order valence-corrected chi connectivity index (χ1v) is 9.47. The Bertz CT molecular complexity index is 1000. The minimum absolute atomic E-state index is 0.00703. The van der Waals surface area contributed by atoms with Crippen molar-refractivity contribution in [1.82, 2.24) is 24.6 Å². The van der Waals surface area contributed by atoms with Crippen LogP contribution < -0.4 is 0 Å². The van der Waals surface area contributed by atoms with Crippen LogP contribution in [0.15, 0.2) is 42.5 Å². The lowest BCUT2D eigenvalue weighted by Gasteiger charge is -2.18. The van der Waals surface area contributed by atoms with Crippen LogP contribution >= 0.6 is 11.6 Å². The highest BCUT2D eigenvalue weighted by Crippen LogP contribution is 2.26. The standard InChI is InChI=1S/C21H23ClFN5O/c1-26(2)12-19-24-25-20(13-27(3)4)28(19)18-10-9-14(22)11-16(18)21(29)15-7-5-6-8-17(15)23/h5-11H,12-13H2,1-4H3. The van der Waals surface area contributed by atoms with Gasteiger partial charge in [-0.05, 0) is 58.5 Å². The third-order valence-corrected chi connectivity index (χ3v) is 4.51. The molecule has 0 spiro atoms. The first kappa shape index (κ1) is 21.1. The lowest BCUT2D eigenvalue weighted by Crippen LogP contribution is -2.20. The second-order valence-electron chi connectivity index (χ2n) is 7.31. The summed E-state index contributed by atoms with van der Waals surface area (Å²) in [5.74, 6) is 0.337. The van der Waals surface area contributed by atoms with Crippen molar-refractivity contribution in [2.24, 2.45) is 0 Å². The molecule has 0 radical (unpaired) electrons. The fraction of sp³-hybridized carbons (Fsp3) is 0.286. The van der Waals surface area contributed by atoms with Gasteiger partial charge in [0.15, 0.2) is 17.4 Å². The fourth-order valence-corrected chi connectivity index (χ4v) is 3.25. The molecule has 0 amide bonds. The van der Waals surface area contributed by atoms with Crippen molar-refractivity contribution >= 4 is 17.4 Å². The molecule has 3 aromatic rings. The van der Waals surface area contributed by atoms with E-state index in [1.54, 1.807) is 30.3 Å². The molecule has 0 saturated carbocycles. The Labute approximate surface area is 174 Å². The zero-order valence-electron chi connectivity index (χ0n) is 16.9. The van der Waals surface area contributed by atoms with Crippen LogP contribution in [0.25, 0.3) is 5.69 Å². The van der Waals surface area contributed by atoms with Gasteiger partial charge in [-0.25, -0.2) is 4.39 Å². The van der Waals surface area contributed by atoms with Crippen LogP contribution in [-0.4, -0.2) is 58.5 Å². The quantitative estimate of drug-likeness (QED) is 0.553. The Morgan fingerprint density at radius 3 is 2.10 bits per heavy atom. The highest BCUT2D eigenvalue weighted by atomic mass is 35.5. The predicted octanol–water partition coefficient (Wildman–Crippen LogP) is 3.41. The molecule has 1 aromatic heterocycles. The third kappa shape index (κ3) is 4.70. The first-order valence-electron chi connectivity index (χ1n) is 9.09. The third-order valence-electron chi connectivity index (χ3n) is 4.28. The number of aromatic nitrogens is 3. The van der Waals surface area contributed by atoms with E-state index < -0.39 is 11.6 Å². The maximum absolute atomic E-state index is 14.3. The summed E-state index contributed by atoms with van der Waals surface area (Å²) in [5, 5.41) is 9.04. The number of rotatable bonds is 7. The SMILES string of the molecule is CN(C)Cc1nnc(CN(C)C)n1-c1ccc(Cl)cc1C(=O)c1ccccc1F. The molecule has 3 rings (SSSR count). The van der Waals surface area contributed by atoms with Gasteiger partial charge in [-0.2, -0.15) is 0 Å². The monoisotopic (exact) mass is 415 g/mol. The smallest absolute Gasteiger partial charge is 0.198 e. The number of ketones is 1. The van der Waals surface area contributed by atoms with Gasteiger partial charge < -0.3 is 9.80 Å². The van der Waals surface area contributed by atoms with E-state index in [1.807, 2.05) is 42.6 Å². The number of hydrogen-bond donors (Lipinski definition) is 0. The summed E-state index contributed by atoms with van der Waals surface area (Å²) >= 11 is 6.19. The fourth-order valence-electron chi connectivity index (χ4n) is 3.08. The molecule has 0 unspecified atom stereocenters. The van der Waals surface area contributed by atoms with Crippen molar-refractivity contribution in [2.75, 3.05) is 28.2 Å². The Kier molecular flexibility index (Phi) is 6.42. The highest BCUT2D eigenvalue weighted by molar-refractivity contribution is 6.31. The van der Waals surface area contributed by atoms with Crippen molar-refractivity contribution in [2.45, 2.75) is 13.1 Å². The lowest BCUT2D eigenvalue weighted by molar-refractivity contribution is 0.103. The summed E-state index contributed by atoms with van der Waals surface area (Å²) in [6, 6.07) is 10.9. The maximum Gasteiger partial charge on any atom is 0.198 e. The average molecular weight is 416 g/mol. The van der Waals surface area contributed by atoms with Gasteiger partial charge in [-0.1, -0.05) is 23.7 Å². The summed E-state index contributed by atoms with van der Waals surface area (Å²) in [6.45, 7) is 1.05. The van der Waals surface area contributed by atoms with E-state index in [2.05, 4.69) is 10.2 Å². The number of nitrogens with zero attached hydrogens (tertiary/aromatic N) is 5. The molecule has 0 saturated heterocycles. The molecule has 2 aromatic carbocycles. The van der Waals surface area contributed by atoms with E-state index in [-0.39, 0.29) is 5.56 Å². The van der Waals surface area contributed by atoms with Crippen molar-refractivity contribution in [3.05, 3.63) is 76.1 Å². The first-order chi connectivity index (χ1) is 13.8. The molecule has 0 aliphatic heterocycles. The molecule has 6 nitrogen and oxygen atoms in total. The molecule has 0 fully saturated rings. The van der Waals surface area contributed by atoms with Crippen LogP contribution in [0.1, 0.15) is 27.6 Å². The second-order valence-corrected chi connectivity index (χ2v) is 7.75.